The third-order valence-corrected chi connectivity index (χ3v) is 3.37. The molecule has 0 amide bonds. The van der Waals surface area contributed by atoms with Crippen LogP contribution in [-0.4, -0.2) is 13.2 Å². The average Bonchev–Trinajstić information content (AvgIpc) is 2.71. The van der Waals surface area contributed by atoms with E-state index in [9.17, 15) is 0 Å². The van der Waals surface area contributed by atoms with E-state index in [0.29, 0.717) is 6.04 Å². The summed E-state index contributed by atoms with van der Waals surface area (Å²) in [5, 5.41) is 3.55. The fourth-order valence-electron chi connectivity index (χ4n) is 2.08. The lowest BCUT2D eigenvalue weighted by molar-refractivity contribution is 0.416. The van der Waals surface area contributed by atoms with Crippen molar-refractivity contribution in [3.05, 3.63) is 22.7 Å². The van der Waals surface area contributed by atoms with Gasteiger partial charge in [-0.3, -0.25) is 0 Å². The van der Waals surface area contributed by atoms with Crippen LogP contribution in [0.2, 0.25) is 0 Å². The fourth-order valence-corrected chi connectivity index (χ4v) is 2.44. The summed E-state index contributed by atoms with van der Waals surface area (Å²) in [5.41, 5.74) is 1.10. The second kappa shape index (κ2) is 4.88. The van der Waals surface area contributed by atoms with Gasteiger partial charge in [0.25, 0.3) is 0 Å². The van der Waals surface area contributed by atoms with Gasteiger partial charge in [-0.2, -0.15) is 0 Å². The first-order chi connectivity index (χ1) is 7.29. The monoisotopic (exact) mass is 269 g/mol. The average molecular weight is 270 g/mol. The van der Waals surface area contributed by atoms with E-state index in [2.05, 4.69) is 27.3 Å². The number of anilines is 1. The molecule has 1 fully saturated rings. The van der Waals surface area contributed by atoms with Crippen molar-refractivity contribution >= 4 is 21.6 Å². The minimum absolute atomic E-state index is 0.619. The quantitative estimate of drug-likeness (QED) is 0.901. The summed E-state index contributed by atoms with van der Waals surface area (Å²) < 4.78 is 6.41. The summed E-state index contributed by atoms with van der Waals surface area (Å²) >= 11 is 3.48. The Kier molecular flexibility index (Phi) is 3.52. The normalized spacial score (nSPS) is 16.7. The molecule has 1 aromatic rings. The second-order valence-corrected chi connectivity index (χ2v) is 4.89. The molecule has 1 N–H and O–H groups in total. The Balaban J connectivity index is 2.14. The van der Waals surface area contributed by atoms with Crippen LogP contribution in [0.15, 0.2) is 22.7 Å². The van der Waals surface area contributed by atoms with Crippen molar-refractivity contribution in [3.8, 4) is 5.75 Å². The Morgan fingerprint density at radius 3 is 2.73 bits per heavy atom. The number of hydrogen-bond donors (Lipinski definition) is 1. The van der Waals surface area contributed by atoms with Gasteiger partial charge in [0, 0.05) is 10.5 Å². The molecule has 0 heterocycles. The third kappa shape index (κ3) is 2.65. The molecule has 0 saturated heterocycles. The van der Waals surface area contributed by atoms with E-state index >= 15 is 0 Å². The van der Waals surface area contributed by atoms with Gasteiger partial charge in [-0.25, -0.2) is 0 Å². The van der Waals surface area contributed by atoms with Gasteiger partial charge in [-0.15, -0.1) is 0 Å². The Bertz CT molecular complexity index is 334. The summed E-state index contributed by atoms with van der Waals surface area (Å²) in [6.07, 6.45) is 5.23. The molecular weight excluding hydrogens is 254 g/mol. The van der Waals surface area contributed by atoms with Crippen LogP contribution >= 0.6 is 15.9 Å². The van der Waals surface area contributed by atoms with Gasteiger partial charge in [0.15, 0.2) is 0 Å². The Morgan fingerprint density at radius 2 is 2.07 bits per heavy atom. The summed E-state index contributed by atoms with van der Waals surface area (Å²) in [5.74, 6) is 0.921. The first kappa shape index (κ1) is 10.8. The number of rotatable bonds is 3. The van der Waals surface area contributed by atoms with Crippen LogP contribution in [0.25, 0.3) is 0 Å². The van der Waals surface area contributed by atoms with E-state index in [0.717, 1.165) is 15.9 Å². The predicted octanol–water partition coefficient (Wildman–Crippen LogP) is 3.81. The maximum atomic E-state index is 5.33. The lowest BCUT2D eigenvalue weighted by Crippen LogP contribution is -2.15. The number of hydrogen-bond acceptors (Lipinski definition) is 2. The largest absolute Gasteiger partial charge is 0.495 e. The van der Waals surface area contributed by atoms with Gasteiger partial charge < -0.3 is 10.1 Å². The topological polar surface area (TPSA) is 21.3 Å². The Labute approximate surface area is 99.1 Å². The van der Waals surface area contributed by atoms with Crippen LogP contribution < -0.4 is 10.1 Å². The SMILES string of the molecule is COc1ccc(Br)cc1NC1CCCC1. The molecule has 0 unspecified atom stereocenters. The van der Waals surface area contributed by atoms with E-state index < -0.39 is 0 Å². The number of nitrogens with one attached hydrogen (secondary N) is 1. The first-order valence-electron chi connectivity index (χ1n) is 5.39. The van der Waals surface area contributed by atoms with Gasteiger partial charge in [0.05, 0.1) is 12.8 Å². The van der Waals surface area contributed by atoms with Gasteiger partial charge in [-0.1, -0.05) is 28.8 Å². The van der Waals surface area contributed by atoms with Gasteiger partial charge in [0.2, 0.25) is 0 Å². The zero-order chi connectivity index (χ0) is 10.7. The molecular formula is C12H16BrNO. The molecule has 0 aromatic heterocycles. The van der Waals surface area contributed by atoms with Crippen molar-refractivity contribution in [2.24, 2.45) is 0 Å². The van der Waals surface area contributed by atoms with Crippen LogP contribution in [-0.2, 0) is 0 Å². The van der Waals surface area contributed by atoms with E-state index in [1.54, 1.807) is 7.11 Å². The molecule has 0 bridgehead atoms. The molecule has 0 aliphatic heterocycles. The zero-order valence-electron chi connectivity index (χ0n) is 8.92. The van der Waals surface area contributed by atoms with Crippen LogP contribution in [0.1, 0.15) is 25.7 Å². The molecule has 2 nitrogen and oxygen atoms in total. The van der Waals surface area contributed by atoms with Gasteiger partial charge >= 0.3 is 0 Å². The van der Waals surface area contributed by atoms with Gasteiger partial charge in [-0.05, 0) is 31.0 Å². The first-order valence-corrected chi connectivity index (χ1v) is 6.19. The van der Waals surface area contributed by atoms with Crippen LogP contribution in [0.3, 0.4) is 0 Å². The smallest absolute Gasteiger partial charge is 0.142 e. The van der Waals surface area contributed by atoms with Crippen LogP contribution in [0.5, 0.6) is 5.75 Å². The highest BCUT2D eigenvalue weighted by Gasteiger charge is 2.16. The van der Waals surface area contributed by atoms with Crippen molar-refractivity contribution in [2.45, 2.75) is 31.7 Å². The van der Waals surface area contributed by atoms with E-state index in [-0.39, 0.29) is 0 Å². The molecule has 1 aromatic carbocycles. The summed E-state index contributed by atoms with van der Waals surface area (Å²) in [7, 11) is 1.71. The molecule has 1 saturated carbocycles. The summed E-state index contributed by atoms with van der Waals surface area (Å²) in [4.78, 5) is 0. The van der Waals surface area contributed by atoms with Gasteiger partial charge in [0.1, 0.15) is 5.75 Å². The molecule has 0 spiro atoms. The molecule has 3 heteroatoms. The highest BCUT2D eigenvalue weighted by molar-refractivity contribution is 9.10. The molecule has 82 valence electrons. The minimum Gasteiger partial charge on any atom is -0.495 e. The minimum atomic E-state index is 0.619. The lowest BCUT2D eigenvalue weighted by Gasteiger charge is -2.16. The van der Waals surface area contributed by atoms with Crippen molar-refractivity contribution in [1.82, 2.24) is 0 Å². The highest BCUT2D eigenvalue weighted by atomic mass is 79.9. The van der Waals surface area contributed by atoms with Crippen LogP contribution in [0, 0.1) is 0 Å². The van der Waals surface area contributed by atoms with E-state index in [4.69, 9.17) is 4.74 Å². The number of ether oxygens (including phenoxy) is 1. The summed E-state index contributed by atoms with van der Waals surface area (Å²) in [6, 6.07) is 6.69. The maximum absolute atomic E-state index is 5.33. The Hall–Kier alpha value is -0.700. The Morgan fingerprint density at radius 1 is 1.33 bits per heavy atom. The molecule has 0 atom stereocenters. The lowest BCUT2D eigenvalue weighted by atomic mass is 10.2. The molecule has 1 aliphatic rings. The predicted molar refractivity (Wildman–Crippen MR) is 66.6 cm³/mol. The zero-order valence-corrected chi connectivity index (χ0v) is 10.5. The van der Waals surface area contributed by atoms with Crippen molar-refractivity contribution < 1.29 is 4.74 Å². The highest BCUT2D eigenvalue weighted by Crippen LogP contribution is 2.31. The molecule has 2 rings (SSSR count). The van der Waals surface area contributed by atoms with Crippen molar-refractivity contribution in [3.63, 3.8) is 0 Å². The number of methoxy groups -OCH3 is 1. The van der Waals surface area contributed by atoms with Crippen molar-refractivity contribution in [2.75, 3.05) is 12.4 Å². The standard InChI is InChI=1S/C12H16BrNO/c1-15-12-7-6-9(13)8-11(12)14-10-4-2-3-5-10/h6-8,10,14H,2-5H2,1H3. The second-order valence-electron chi connectivity index (χ2n) is 3.97. The third-order valence-electron chi connectivity index (χ3n) is 2.88. The fraction of sp³-hybridized carbons (Fsp3) is 0.500. The molecule has 0 radical (unpaired) electrons. The maximum Gasteiger partial charge on any atom is 0.142 e. The van der Waals surface area contributed by atoms with E-state index in [1.807, 2.05) is 12.1 Å². The number of benzene rings is 1. The number of halogens is 1. The molecule has 15 heavy (non-hydrogen) atoms. The summed E-state index contributed by atoms with van der Waals surface area (Å²) in [6.45, 7) is 0. The van der Waals surface area contributed by atoms with Crippen LogP contribution in [0.4, 0.5) is 5.69 Å². The van der Waals surface area contributed by atoms with Crippen molar-refractivity contribution in [1.29, 1.82) is 0 Å². The molecule has 1 aliphatic carbocycles. The van der Waals surface area contributed by atoms with E-state index in [1.165, 1.54) is 25.7 Å².